The third-order valence-electron chi connectivity index (χ3n) is 2.87. The Kier molecular flexibility index (Phi) is 4.08. The Morgan fingerprint density at radius 2 is 1.67 bits per heavy atom. The van der Waals surface area contributed by atoms with Crippen LogP contribution < -0.4 is 0 Å². The highest BCUT2D eigenvalue weighted by Crippen LogP contribution is 2.08. The largest absolute Gasteiger partial charge is 0.289 e. The molecule has 0 aliphatic rings. The minimum absolute atomic E-state index is 0.0431. The number of carbonyl (C=O) groups excluding carboxylic acids is 1. The first kappa shape index (κ1) is 12.3. The molecule has 2 aromatic rings. The molecule has 0 aromatic heterocycles. The highest BCUT2D eigenvalue weighted by Gasteiger charge is 2.00. The van der Waals surface area contributed by atoms with Crippen molar-refractivity contribution < 1.29 is 4.79 Å². The van der Waals surface area contributed by atoms with Crippen molar-refractivity contribution in [3.63, 3.8) is 0 Å². The van der Waals surface area contributed by atoms with Crippen LogP contribution in [0.25, 0.3) is 6.08 Å². The van der Waals surface area contributed by atoms with E-state index in [4.69, 9.17) is 0 Å². The number of ketones is 1. The van der Waals surface area contributed by atoms with Crippen LogP contribution in [0.1, 0.15) is 28.4 Å². The monoisotopic (exact) mass is 236 g/mol. The minimum Gasteiger partial charge on any atom is -0.289 e. The quantitative estimate of drug-likeness (QED) is 0.576. The lowest BCUT2D eigenvalue weighted by Crippen LogP contribution is -1.94. The second kappa shape index (κ2) is 5.97. The predicted molar refractivity (Wildman–Crippen MR) is 75.6 cm³/mol. The van der Waals surface area contributed by atoms with Crippen LogP contribution in [0.15, 0.2) is 60.7 Å². The van der Waals surface area contributed by atoms with E-state index in [0.717, 1.165) is 17.5 Å². The van der Waals surface area contributed by atoms with Crippen molar-refractivity contribution in [2.45, 2.75) is 13.3 Å². The first-order chi connectivity index (χ1) is 8.79. The zero-order valence-corrected chi connectivity index (χ0v) is 10.5. The Hall–Kier alpha value is -2.15. The molecule has 0 atom stereocenters. The smallest absolute Gasteiger partial charge is 0.185 e. The third kappa shape index (κ3) is 3.17. The molecule has 0 N–H and O–H groups in total. The Morgan fingerprint density at radius 3 is 2.28 bits per heavy atom. The van der Waals surface area contributed by atoms with Gasteiger partial charge >= 0.3 is 0 Å². The SMILES string of the molecule is CCc1ccc(C(=O)/C=C\c2ccccc2)cc1. The summed E-state index contributed by atoms with van der Waals surface area (Å²) >= 11 is 0. The molecule has 0 radical (unpaired) electrons. The van der Waals surface area contributed by atoms with Gasteiger partial charge in [0.1, 0.15) is 0 Å². The van der Waals surface area contributed by atoms with Gasteiger partial charge in [-0.3, -0.25) is 4.79 Å². The van der Waals surface area contributed by atoms with Crippen LogP contribution in [0, 0.1) is 0 Å². The van der Waals surface area contributed by atoms with Crippen LogP contribution in [-0.2, 0) is 6.42 Å². The zero-order chi connectivity index (χ0) is 12.8. The van der Waals surface area contributed by atoms with Gasteiger partial charge in [-0.1, -0.05) is 67.6 Å². The number of hydrogen-bond acceptors (Lipinski definition) is 1. The van der Waals surface area contributed by atoms with Crippen LogP contribution >= 0.6 is 0 Å². The normalized spacial score (nSPS) is 10.7. The molecule has 0 aliphatic heterocycles. The number of rotatable bonds is 4. The summed E-state index contributed by atoms with van der Waals surface area (Å²) in [6, 6.07) is 17.6. The molecular weight excluding hydrogens is 220 g/mol. The fraction of sp³-hybridized carbons (Fsp3) is 0.118. The average Bonchev–Trinajstić information content (AvgIpc) is 2.46. The Balaban J connectivity index is 2.09. The molecule has 18 heavy (non-hydrogen) atoms. The van der Waals surface area contributed by atoms with Crippen molar-refractivity contribution in [1.29, 1.82) is 0 Å². The molecule has 0 saturated heterocycles. The van der Waals surface area contributed by atoms with Gasteiger partial charge in [-0.25, -0.2) is 0 Å². The Bertz CT molecular complexity index is 536. The van der Waals surface area contributed by atoms with Gasteiger partial charge in [-0.05, 0) is 23.6 Å². The highest BCUT2D eigenvalue weighted by molar-refractivity contribution is 6.06. The van der Waals surface area contributed by atoms with Gasteiger partial charge in [0.25, 0.3) is 0 Å². The number of hydrogen-bond donors (Lipinski definition) is 0. The van der Waals surface area contributed by atoms with Gasteiger partial charge in [0.05, 0.1) is 0 Å². The maximum Gasteiger partial charge on any atom is 0.185 e. The van der Waals surface area contributed by atoms with Gasteiger partial charge < -0.3 is 0 Å². The average molecular weight is 236 g/mol. The number of aryl methyl sites for hydroxylation is 1. The standard InChI is InChI=1S/C17H16O/c1-2-14-8-11-16(12-9-14)17(18)13-10-15-6-4-3-5-7-15/h3-13H,2H2,1H3/b13-10-. The summed E-state index contributed by atoms with van der Waals surface area (Å²) in [5.41, 5.74) is 3.02. The summed E-state index contributed by atoms with van der Waals surface area (Å²) in [4.78, 5) is 11.9. The molecule has 0 fully saturated rings. The molecule has 0 unspecified atom stereocenters. The number of allylic oxidation sites excluding steroid dienone is 1. The first-order valence-electron chi connectivity index (χ1n) is 6.16. The second-order valence-electron chi connectivity index (χ2n) is 4.16. The molecular formula is C17H16O. The Morgan fingerprint density at radius 1 is 1.00 bits per heavy atom. The first-order valence-corrected chi connectivity index (χ1v) is 6.16. The molecule has 1 heteroatoms. The van der Waals surface area contributed by atoms with Crippen molar-refractivity contribution in [1.82, 2.24) is 0 Å². The number of carbonyl (C=O) groups is 1. The number of benzene rings is 2. The zero-order valence-electron chi connectivity index (χ0n) is 10.5. The highest BCUT2D eigenvalue weighted by atomic mass is 16.1. The molecule has 0 bridgehead atoms. The lowest BCUT2D eigenvalue weighted by Gasteiger charge is -1.98. The summed E-state index contributed by atoms with van der Waals surface area (Å²) in [6.45, 7) is 2.10. The summed E-state index contributed by atoms with van der Waals surface area (Å²) in [6.07, 6.45) is 4.46. The van der Waals surface area contributed by atoms with Gasteiger partial charge in [-0.15, -0.1) is 0 Å². The van der Waals surface area contributed by atoms with E-state index < -0.39 is 0 Å². The van der Waals surface area contributed by atoms with E-state index in [9.17, 15) is 4.79 Å². The molecule has 0 heterocycles. The lowest BCUT2D eigenvalue weighted by atomic mass is 10.1. The topological polar surface area (TPSA) is 17.1 Å². The van der Waals surface area contributed by atoms with Gasteiger partial charge in [0, 0.05) is 5.56 Å². The molecule has 90 valence electrons. The van der Waals surface area contributed by atoms with Crippen LogP contribution in [0.4, 0.5) is 0 Å². The summed E-state index contributed by atoms with van der Waals surface area (Å²) in [7, 11) is 0. The van der Waals surface area contributed by atoms with Crippen molar-refractivity contribution in [3.05, 3.63) is 77.4 Å². The third-order valence-corrected chi connectivity index (χ3v) is 2.87. The second-order valence-corrected chi connectivity index (χ2v) is 4.16. The van der Waals surface area contributed by atoms with E-state index in [-0.39, 0.29) is 5.78 Å². The Labute approximate surface area is 108 Å². The molecule has 2 rings (SSSR count). The van der Waals surface area contributed by atoms with E-state index in [1.165, 1.54) is 5.56 Å². The fourth-order valence-corrected chi connectivity index (χ4v) is 1.74. The summed E-state index contributed by atoms with van der Waals surface area (Å²) in [5, 5.41) is 0. The van der Waals surface area contributed by atoms with Gasteiger partial charge in [-0.2, -0.15) is 0 Å². The van der Waals surface area contributed by atoms with Gasteiger partial charge in [0.2, 0.25) is 0 Å². The van der Waals surface area contributed by atoms with Crippen LogP contribution in [0.5, 0.6) is 0 Å². The molecule has 0 amide bonds. The van der Waals surface area contributed by atoms with Crippen molar-refractivity contribution in [2.75, 3.05) is 0 Å². The van der Waals surface area contributed by atoms with Crippen LogP contribution in [-0.4, -0.2) is 5.78 Å². The predicted octanol–water partition coefficient (Wildman–Crippen LogP) is 4.15. The maximum atomic E-state index is 11.9. The fourth-order valence-electron chi connectivity index (χ4n) is 1.74. The van der Waals surface area contributed by atoms with E-state index in [1.54, 1.807) is 6.08 Å². The molecule has 0 spiro atoms. The summed E-state index contributed by atoms with van der Waals surface area (Å²) < 4.78 is 0. The van der Waals surface area contributed by atoms with Crippen LogP contribution in [0.3, 0.4) is 0 Å². The van der Waals surface area contributed by atoms with Gasteiger partial charge in [0.15, 0.2) is 5.78 Å². The van der Waals surface area contributed by atoms with Crippen molar-refractivity contribution in [2.24, 2.45) is 0 Å². The maximum absolute atomic E-state index is 11.9. The van der Waals surface area contributed by atoms with E-state index in [2.05, 4.69) is 6.92 Å². The van der Waals surface area contributed by atoms with E-state index >= 15 is 0 Å². The molecule has 2 aromatic carbocycles. The van der Waals surface area contributed by atoms with Crippen molar-refractivity contribution >= 4 is 11.9 Å². The molecule has 0 saturated carbocycles. The molecule has 0 aliphatic carbocycles. The van der Waals surface area contributed by atoms with E-state index in [1.807, 2.05) is 60.7 Å². The van der Waals surface area contributed by atoms with Crippen molar-refractivity contribution in [3.8, 4) is 0 Å². The molecule has 1 nitrogen and oxygen atoms in total. The van der Waals surface area contributed by atoms with Crippen LogP contribution in [0.2, 0.25) is 0 Å². The van der Waals surface area contributed by atoms with E-state index in [0.29, 0.717) is 0 Å². The summed E-state index contributed by atoms with van der Waals surface area (Å²) in [5.74, 6) is 0.0431. The minimum atomic E-state index is 0.0431. The lowest BCUT2D eigenvalue weighted by molar-refractivity contribution is 0.104.